The molecule has 1 saturated carbocycles. The van der Waals surface area contributed by atoms with Crippen molar-refractivity contribution in [3.8, 4) is 0 Å². The van der Waals surface area contributed by atoms with Gasteiger partial charge in [-0.05, 0) is 36.4 Å². The smallest absolute Gasteiger partial charge is 0.243 e. The number of fused-ring (bicyclic) bond motifs is 1. The summed E-state index contributed by atoms with van der Waals surface area (Å²) >= 11 is 6.29. The van der Waals surface area contributed by atoms with Gasteiger partial charge in [0, 0.05) is 12.0 Å². The third-order valence-corrected chi connectivity index (χ3v) is 7.01. The number of rotatable bonds is 7. The summed E-state index contributed by atoms with van der Waals surface area (Å²) in [5.41, 5.74) is 1.92. The molecular weight excluding hydrogens is 442 g/mol. The normalized spacial score (nSPS) is 28.1. The summed E-state index contributed by atoms with van der Waals surface area (Å²) in [5, 5.41) is 19.8. The van der Waals surface area contributed by atoms with Crippen LogP contribution in [-0.4, -0.2) is 42.9 Å². The number of nitrogens with one attached hydrogen (secondary N) is 1. The number of aliphatic hydroxyl groups is 1. The lowest BCUT2D eigenvalue weighted by Gasteiger charge is -2.29. The van der Waals surface area contributed by atoms with E-state index in [1.165, 1.54) is 17.4 Å². The van der Waals surface area contributed by atoms with Gasteiger partial charge < -0.3 is 19.9 Å². The second kappa shape index (κ2) is 9.18. The molecule has 2 aromatic heterocycles. The van der Waals surface area contributed by atoms with Gasteiger partial charge in [-0.3, -0.25) is 0 Å². The van der Waals surface area contributed by atoms with Gasteiger partial charge in [0.15, 0.2) is 11.5 Å². The average Bonchev–Trinajstić information content (AvgIpc) is 3.53. The molecule has 1 aliphatic heterocycles. The Kier molecular flexibility index (Phi) is 6.26. The van der Waals surface area contributed by atoms with Crippen molar-refractivity contribution in [2.24, 2.45) is 5.92 Å². The van der Waals surface area contributed by atoms with E-state index >= 15 is 0 Å². The minimum absolute atomic E-state index is 0.0392. The molecule has 3 aromatic rings. The first-order chi connectivity index (χ1) is 16.0. The number of nitrogens with zero attached hydrogens (tertiary/aromatic N) is 4. The van der Waals surface area contributed by atoms with Crippen molar-refractivity contribution < 1.29 is 14.6 Å². The number of imidazole rings is 1. The first kappa shape index (κ1) is 22.5. The van der Waals surface area contributed by atoms with Crippen LogP contribution in [0.2, 0.25) is 5.28 Å². The van der Waals surface area contributed by atoms with E-state index in [1.807, 2.05) is 44.2 Å². The quantitative estimate of drug-likeness (QED) is 0.530. The van der Waals surface area contributed by atoms with Crippen LogP contribution in [0.3, 0.4) is 0 Å². The van der Waals surface area contributed by atoms with Crippen LogP contribution in [0, 0.1) is 5.92 Å². The molecule has 4 atom stereocenters. The number of halogens is 1. The first-order valence-electron chi connectivity index (χ1n) is 11.7. The van der Waals surface area contributed by atoms with Gasteiger partial charge >= 0.3 is 0 Å². The molecule has 2 fully saturated rings. The molecule has 9 heteroatoms. The molecule has 0 spiro atoms. The summed E-state index contributed by atoms with van der Waals surface area (Å²) in [6.45, 7) is 4.44. The van der Waals surface area contributed by atoms with Crippen LogP contribution in [0.25, 0.3) is 5.65 Å². The summed E-state index contributed by atoms with van der Waals surface area (Å²) < 4.78 is 14.0. The zero-order chi connectivity index (χ0) is 23.0. The topological polar surface area (TPSA) is 93.8 Å². The second-order valence-corrected chi connectivity index (χ2v) is 9.41. The van der Waals surface area contributed by atoms with Crippen LogP contribution in [0.5, 0.6) is 0 Å². The fourth-order valence-corrected chi connectivity index (χ4v) is 5.26. The van der Waals surface area contributed by atoms with Crippen molar-refractivity contribution >= 4 is 23.1 Å². The molecule has 2 N–H and O–H groups in total. The predicted molar refractivity (Wildman–Crippen MR) is 125 cm³/mol. The molecule has 0 bridgehead atoms. The molecule has 1 saturated heterocycles. The SMILES string of the molecule is CC[C@H]1OC(O)(c2cnc3c(NC4CCCC4)nc(Cl)nn23)[C@H](OCc2ccccc2)[C@@H]1C. The highest BCUT2D eigenvalue weighted by Gasteiger charge is 2.55. The molecule has 2 aliphatic rings. The Morgan fingerprint density at radius 1 is 1.27 bits per heavy atom. The summed E-state index contributed by atoms with van der Waals surface area (Å²) in [6.07, 6.45) is 6.10. The maximum Gasteiger partial charge on any atom is 0.243 e. The fraction of sp³-hybridized carbons (Fsp3) is 0.542. The average molecular weight is 472 g/mol. The lowest BCUT2D eigenvalue weighted by molar-refractivity contribution is -0.251. The molecule has 5 rings (SSSR count). The van der Waals surface area contributed by atoms with E-state index in [1.54, 1.807) is 6.20 Å². The van der Waals surface area contributed by atoms with Crippen molar-refractivity contribution in [1.29, 1.82) is 0 Å². The number of anilines is 1. The third kappa shape index (κ3) is 4.21. The molecular formula is C24H30ClN5O3. The Bertz CT molecular complexity index is 1100. The van der Waals surface area contributed by atoms with Crippen LogP contribution in [0.4, 0.5) is 5.82 Å². The summed E-state index contributed by atoms with van der Waals surface area (Å²) in [4.78, 5) is 8.92. The third-order valence-electron chi connectivity index (χ3n) is 6.85. The zero-order valence-electron chi connectivity index (χ0n) is 18.9. The maximum absolute atomic E-state index is 11.9. The number of aromatic nitrogens is 4. The van der Waals surface area contributed by atoms with Gasteiger partial charge in [-0.1, -0.05) is 57.0 Å². The van der Waals surface area contributed by atoms with Crippen molar-refractivity contribution in [2.45, 2.75) is 76.6 Å². The van der Waals surface area contributed by atoms with Crippen LogP contribution >= 0.6 is 11.6 Å². The van der Waals surface area contributed by atoms with Gasteiger partial charge in [-0.25, -0.2) is 9.50 Å². The lowest BCUT2D eigenvalue weighted by Crippen LogP contribution is -2.41. The van der Waals surface area contributed by atoms with E-state index in [-0.39, 0.29) is 17.3 Å². The Balaban J connectivity index is 1.50. The standard InChI is InChI=1S/C24H30ClN5O3/c1-3-18-15(2)20(32-14-16-9-5-4-6-10-16)24(31,33-18)19-13-26-22-21(27-17-11-7-8-12-17)28-23(25)29-30(19)22/h4-6,9-10,13,15,17-18,20,31H,3,7-8,11-12,14H2,1-2H3,(H,27,28,29)/t15-,18-,20-,24?/m1/s1. The van der Waals surface area contributed by atoms with E-state index in [9.17, 15) is 5.11 Å². The van der Waals surface area contributed by atoms with E-state index in [0.717, 1.165) is 24.8 Å². The molecule has 176 valence electrons. The van der Waals surface area contributed by atoms with Crippen molar-refractivity contribution in [2.75, 3.05) is 5.32 Å². The Hall–Kier alpha value is -2.26. The maximum atomic E-state index is 11.9. The number of hydrogen-bond acceptors (Lipinski definition) is 7. The zero-order valence-corrected chi connectivity index (χ0v) is 19.7. The minimum atomic E-state index is -1.73. The number of ether oxygens (including phenoxy) is 2. The van der Waals surface area contributed by atoms with Gasteiger partial charge in [0.25, 0.3) is 0 Å². The van der Waals surface area contributed by atoms with Gasteiger partial charge in [0.2, 0.25) is 11.1 Å². The molecule has 8 nitrogen and oxygen atoms in total. The molecule has 0 amide bonds. The van der Waals surface area contributed by atoms with Gasteiger partial charge in [0.1, 0.15) is 11.8 Å². The molecule has 3 heterocycles. The summed E-state index contributed by atoms with van der Waals surface area (Å²) in [7, 11) is 0. The van der Waals surface area contributed by atoms with Crippen LogP contribution in [0.1, 0.15) is 57.2 Å². The van der Waals surface area contributed by atoms with E-state index in [4.69, 9.17) is 21.1 Å². The van der Waals surface area contributed by atoms with Crippen LogP contribution in [-0.2, 0) is 21.9 Å². The van der Waals surface area contributed by atoms with E-state index < -0.39 is 11.9 Å². The monoisotopic (exact) mass is 471 g/mol. The molecule has 1 aromatic carbocycles. The van der Waals surface area contributed by atoms with Gasteiger partial charge in [0.05, 0.1) is 18.9 Å². The number of benzene rings is 1. The number of hydrogen-bond donors (Lipinski definition) is 2. The van der Waals surface area contributed by atoms with Crippen LogP contribution < -0.4 is 5.32 Å². The fourth-order valence-electron chi connectivity index (χ4n) is 5.10. The first-order valence-corrected chi connectivity index (χ1v) is 12.1. The molecule has 1 aliphatic carbocycles. The largest absolute Gasteiger partial charge is 0.367 e. The van der Waals surface area contributed by atoms with Gasteiger partial charge in [-0.15, -0.1) is 5.10 Å². The minimum Gasteiger partial charge on any atom is -0.367 e. The lowest BCUT2D eigenvalue weighted by atomic mass is 9.93. The molecule has 1 unspecified atom stereocenters. The van der Waals surface area contributed by atoms with E-state index in [0.29, 0.717) is 29.8 Å². The van der Waals surface area contributed by atoms with Crippen molar-refractivity contribution in [1.82, 2.24) is 19.6 Å². The highest BCUT2D eigenvalue weighted by Crippen LogP contribution is 2.44. The predicted octanol–water partition coefficient (Wildman–Crippen LogP) is 4.31. The van der Waals surface area contributed by atoms with Gasteiger partial charge in [-0.2, -0.15) is 4.98 Å². The summed E-state index contributed by atoms with van der Waals surface area (Å²) in [5.74, 6) is -1.20. The highest BCUT2D eigenvalue weighted by atomic mass is 35.5. The molecule has 33 heavy (non-hydrogen) atoms. The Labute approximate surface area is 198 Å². The highest BCUT2D eigenvalue weighted by molar-refractivity contribution is 6.28. The van der Waals surface area contributed by atoms with Crippen molar-refractivity contribution in [3.05, 3.63) is 53.1 Å². The molecule has 0 radical (unpaired) electrons. The second-order valence-electron chi connectivity index (χ2n) is 9.07. The Morgan fingerprint density at radius 3 is 2.76 bits per heavy atom. The van der Waals surface area contributed by atoms with E-state index in [2.05, 4.69) is 20.4 Å². The Morgan fingerprint density at radius 2 is 2.03 bits per heavy atom. The van der Waals surface area contributed by atoms with Crippen LogP contribution in [0.15, 0.2) is 36.5 Å². The summed E-state index contributed by atoms with van der Waals surface area (Å²) in [6, 6.07) is 10.2. The van der Waals surface area contributed by atoms with Crippen molar-refractivity contribution in [3.63, 3.8) is 0 Å².